The van der Waals surface area contributed by atoms with Crippen LogP contribution in [0, 0.1) is 5.82 Å². The van der Waals surface area contributed by atoms with Gasteiger partial charge in [0, 0.05) is 31.1 Å². The minimum Gasteiger partial charge on any atom is -0.493 e. The Morgan fingerprint density at radius 2 is 1.71 bits per heavy atom. The van der Waals surface area contributed by atoms with Gasteiger partial charge in [0.2, 0.25) is 0 Å². The Labute approximate surface area is 200 Å². The summed E-state index contributed by atoms with van der Waals surface area (Å²) in [5.41, 5.74) is 5.99. The van der Waals surface area contributed by atoms with Crippen LogP contribution in [0.5, 0.6) is 23.0 Å². The molecule has 0 N–H and O–H groups in total. The van der Waals surface area contributed by atoms with Crippen molar-refractivity contribution in [2.24, 2.45) is 0 Å². The Hall–Kier alpha value is -3.25. The van der Waals surface area contributed by atoms with Gasteiger partial charge in [0.05, 0.1) is 27.9 Å². The molecule has 0 amide bonds. The number of hydrogen-bond donors (Lipinski definition) is 0. The van der Waals surface area contributed by atoms with Crippen LogP contribution in [0.3, 0.4) is 0 Å². The number of nitrogens with zero attached hydrogens (tertiary/aromatic N) is 1. The van der Waals surface area contributed by atoms with E-state index in [-0.39, 0.29) is 11.9 Å². The molecule has 0 fully saturated rings. The first-order valence-electron chi connectivity index (χ1n) is 11.7. The molecule has 0 saturated heterocycles. The van der Waals surface area contributed by atoms with Crippen molar-refractivity contribution in [3.8, 4) is 23.0 Å². The molecule has 2 aliphatic heterocycles. The molecule has 5 rings (SSSR count). The number of halogens is 1. The second-order valence-electron chi connectivity index (χ2n) is 8.81. The van der Waals surface area contributed by atoms with E-state index in [9.17, 15) is 4.39 Å². The summed E-state index contributed by atoms with van der Waals surface area (Å²) in [6.45, 7) is 2.21. The highest BCUT2D eigenvalue weighted by molar-refractivity contribution is 5.54. The maximum absolute atomic E-state index is 13.5. The molecule has 0 saturated carbocycles. The zero-order chi connectivity index (χ0) is 23.7. The van der Waals surface area contributed by atoms with Gasteiger partial charge in [-0.05, 0) is 65.4 Å². The molecule has 2 heterocycles. The van der Waals surface area contributed by atoms with Crippen LogP contribution in [0.15, 0.2) is 48.5 Å². The number of methoxy groups -OCH3 is 3. The summed E-state index contributed by atoms with van der Waals surface area (Å²) in [5.74, 6) is 2.86. The fourth-order valence-corrected chi connectivity index (χ4v) is 5.21. The van der Waals surface area contributed by atoms with E-state index in [1.807, 2.05) is 12.1 Å². The second kappa shape index (κ2) is 9.55. The first-order chi connectivity index (χ1) is 16.6. The molecule has 1 atom stereocenters. The third kappa shape index (κ3) is 4.18. The predicted octanol–water partition coefficient (Wildman–Crippen LogP) is 5.13. The Morgan fingerprint density at radius 1 is 0.912 bits per heavy atom. The van der Waals surface area contributed by atoms with E-state index in [1.165, 1.54) is 28.3 Å². The van der Waals surface area contributed by atoms with Crippen LogP contribution in [-0.4, -0.2) is 39.4 Å². The molecule has 1 unspecified atom stereocenters. The van der Waals surface area contributed by atoms with Gasteiger partial charge in [-0.1, -0.05) is 18.2 Å². The van der Waals surface area contributed by atoms with Crippen molar-refractivity contribution in [3.63, 3.8) is 0 Å². The van der Waals surface area contributed by atoms with E-state index in [4.69, 9.17) is 18.9 Å². The molecule has 2 aliphatic rings. The molecule has 0 aromatic heterocycles. The molecule has 6 heteroatoms. The number of fused-ring (bicyclic) bond motifs is 4. The van der Waals surface area contributed by atoms with Crippen molar-refractivity contribution in [2.45, 2.75) is 31.8 Å². The molecule has 3 aromatic carbocycles. The summed E-state index contributed by atoms with van der Waals surface area (Å²) in [7, 11) is 5.03. The van der Waals surface area contributed by atoms with Gasteiger partial charge in [-0.3, -0.25) is 4.90 Å². The highest BCUT2D eigenvalue weighted by atomic mass is 19.1. The SMILES string of the molecule is COc1cc2c(cc1OC)C1Cc3ccc(OC)c(OCCc4cccc(F)c4)c3CN1CC2. The zero-order valence-electron chi connectivity index (χ0n) is 19.9. The number of ether oxygens (including phenoxy) is 4. The van der Waals surface area contributed by atoms with Gasteiger partial charge in [0.15, 0.2) is 23.0 Å². The lowest BCUT2D eigenvalue weighted by molar-refractivity contribution is 0.155. The van der Waals surface area contributed by atoms with Crippen LogP contribution >= 0.6 is 0 Å². The van der Waals surface area contributed by atoms with Gasteiger partial charge in [0.1, 0.15) is 5.82 Å². The van der Waals surface area contributed by atoms with Gasteiger partial charge < -0.3 is 18.9 Å². The minimum atomic E-state index is -0.224. The molecule has 0 bridgehead atoms. The van der Waals surface area contributed by atoms with Crippen molar-refractivity contribution >= 4 is 0 Å². The molecular weight excluding hydrogens is 433 g/mol. The largest absolute Gasteiger partial charge is 0.493 e. The summed E-state index contributed by atoms with van der Waals surface area (Å²) < 4.78 is 36.6. The van der Waals surface area contributed by atoms with Gasteiger partial charge in [-0.2, -0.15) is 0 Å². The maximum Gasteiger partial charge on any atom is 0.165 e. The van der Waals surface area contributed by atoms with Crippen molar-refractivity contribution in [3.05, 3.63) is 82.2 Å². The standard InChI is InChI=1S/C28H30FNO4/c1-31-25-8-7-19-14-24-22-16-27(33-3)26(32-2)15-20(22)9-11-30(24)17-23(19)28(25)34-12-10-18-5-4-6-21(29)13-18/h4-8,13,15-16,24H,9-12,14,17H2,1-3H3. The number of benzene rings is 3. The van der Waals surface area contributed by atoms with Crippen molar-refractivity contribution < 1.29 is 23.3 Å². The third-order valence-corrected chi connectivity index (χ3v) is 6.96. The molecule has 0 spiro atoms. The van der Waals surface area contributed by atoms with E-state index in [0.29, 0.717) is 13.0 Å². The Morgan fingerprint density at radius 3 is 2.47 bits per heavy atom. The number of hydrogen-bond acceptors (Lipinski definition) is 5. The lowest BCUT2D eigenvalue weighted by atomic mass is 9.83. The van der Waals surface area contributed by atoms with Crippen LogP contribution in [0.4, 0.5) is 4.39 Å². The maximum atomic E-state index is 13.5. The Kier molecular flexibility index (Phi) is 6.33. The molecule has 0 aliphatic carbocycles. The fourth-order valence-electron chi connectivity index (χ4n) is 5.21. The third-order valence-electron chi connectivity index (χ3n) is 6.96. The fraction of sp³-hybridized carbons (Fsp3) is 0.357. The van der Waals surface area contributed by atoms with E-state index in [2.05, 4.69) is 23.1 Å². The van der Waals surface area contributed by atoms with E-state index in [0.717, 1.165) is 54.5 Å². The summed E-state index contributed by atoms with van der Waals surface area (Å²) in [4.78, 5) is 2.51. The summed E-state index contributed by atoms with van der Waals surface area (Å²) >= 11 is 0. The molecule has 34 heavy (non-hydrogen) atoms. The Balaban J connectivity index is 1.42. The zero-order valence-corrected chi connectivity index (χ0v) is 19.9. The van der Waals surface area contributed by atoms with E-state index in [1.54, 1.807) is 33.5 Å². The van der Waals surface area contributed by atoms with Crippen LogP contribution in [-0.2, 0) is 25.8 Å². The number of rotatable bonds is 7. The molecule has 0 radical (unpaired) electrons. The highest BCUT2D eigenvalue weighted by Gasteiger charge is 2.35. The van der Waals surface area contributed by atoms with Crippen LogP contribution in [0.2, 0.25) is 0 Å². The van der Waals surface area contributed by atoms with Crippen LogP contribution in [0.25, 0.3) is 0 Å². The van der Waals surface area contributed by atoms with E-state index < -0.39 is 0 Å². The monoisotopic (exact) mass is 463 g/mol. The lowest BCUT2D eigenvalue weighted by Gasteiger charge is -2.42. The van der Waals surface area contributed by atoms with Gasteiger partial charge in [-0.15, -0.1) is 0 Å². The molecule has 178 valence electrons. The molecule has 3 aromatic rings. The topological polar surface area (TPSA) is 40.2 Å². The van der Waals surface area contributed by atoms with Crippen molar-refractivity contribution in [2.75, 3.05) is 34.5 Å². The summed E-state index contributed by atoms with van der Waals surface area (Å²) in [6, 6.07) is 15.3. The minimum absolute atomic E-state index is 0.224. The predicted molar refractivity (Wildman–Crippen MR) is 129 cm³/mol. The average Bonchev–Trinajstić information content (AvgIpc) is 2.86. The van der Waals surface area contributed by atoms with E-state index >= 15 is 0 Å². The lowest BCUT2D eigenvalue weighted by Crippen LogP contribution is -2.39. The average molecular weight is 464 g/mol. The van der Waals surface area contributed by atoms with Crippen LogP contribution in [0.1, 0.15) is 33.9 Å². The highest BCUT2D eigenvalue weighted by Crippen LogP contribution is 2.45. The summed E-state index contributed by atoms with van der Waals surface area (Å²) in [6.07, 6.45) is 2.48. The Bertz CT molecular complexity index is 1200. The first-order valence-corrected chi connectivity index (χ1v) is 11.7. The van der Waals surface area contributed by atoms with Crippen LogP contribution < -0.4 is 18.9 Å². The molecular formula is C28H30FNO4. The van der Waals surface area contributed by atoms with Crippen molar-refractivity contribution in [1.29, 1.82) is 0 Å². The quantitative estimate of drug-likeness (QED) is 0.486. The smallest absolute Gasteiger partial charge is 0.165 e. The molecule has 5 nitrogen and oxygen atoms in total. The second-order valence-corrected chi connectivity index (χ2v) is 8.81. The van der Waals surface area contributed by atoms with Gasteiger partial charge in [0.25, 0.3) is 0 Å². The van der Waals surface area contributed by atoms with Gasteiger partial charge in [-0.25, -0.2) is 4.39 Å². The normalized spacial score (nSPS) is 16.8. The van der Waals surface area contributed by atoms with Crippen molar-refractivity contribution in [1.82, 2.24) is 4.90 Å². The first kappa shape index (κ1) is 22.5. The summed E-state index contributed by atoms with van der Waals surface area (Å²) in [5, 5.41) is 0. The van der Waals surface area contributed by atoms with Gasteiger partial charge >= 0.3 is 0 Å².